The number of fused-ring (bicyclic) bond motifs is 1. The van der Waals surface area contributed by atoms with Crippen LogP contribution < -0.4 is 10.5 Å². The molecule has 0 radical (unpaired) electrons. The van der Waals surface area contributed by atoms with Crippen LogP contribution in [0.2, 0.25) is 0 Å². The van der Waals surface area contributed by atoms with E-state index >= 15 is 0 Å². The maximum atomic E-state index is 6.12. The molecule has 1 fully saturated rings. The van der Waals surface area contributed by atoms with E-state index in [1.807, 2.05) is 23.9 Å². The van der Waals surface area contributed by atoms with Crippen molar-refractivity contribution in [2.24, 2.45) is 10.7 Å². The summed E-state index contributed by atoms with van der Waals surface area (Å²) in [7, 11) is 0. The summed E-state index contributed by atoms with van der Waals surface area (Å²) in [6.45, 7) is 3.57. The standard InChI is InChI=1S/C15H21N3OS/c16-15(18-6-9-20-10-7-18)17-11-12-5-8-19-14-4-2-1-3-13(12)14/h1-4,12H,5-11H2,(H2,16,17). The molecule has 1 aromatic rings. The Morgan fingerprint density at radius 2 is 2.15 bits per heavy atom. The van der Waals surface area contributed by atoms with Crippen molar-refractivity contribution in [3.8, 4) is 5.75 Å². The van der Waals surface area contributed by atoms with Crippen molar-refractivity contribution in [2.75, 3.05) is 37.7 Å². The SMILES string of the molecule is NC(=NCC1CCOc2ccccc21)N1CCSCC1. The summed E-state index contributed by atoms with van der Waals surface area (Å²) in [6.07, 6.45) is 1.02. The van der Waals surface area contributed by atoms with Crippen molar-refractivity contribution >= 4 is 17.7 Å². The molecule has 20 heavy (non-hydrogen) atoms. The van der Waals surface area contributed by atoms with Crippen LogP contribution in [-0.4, -0.2) is 48.6 Å². The molecule has 1 atom stereocenters. The average molecular weight is 291 g/mol. The lowest BCUT2D eigenvalue weighted by atomic mass is 9.93. The summed E-state index contributed by atoms with van der Waals surface area (Å²) >= 11 is 1.98. The first kappa shape index (κ1) is 13.6. The maximum absolute atomic E-state index is 6.12. The fourth-order valence-corrected chi connectivity index (χ4v) is 3.60. The lowest BCUT2D eigenvalue weighted by Crippen LogP contribution is -2.42. The molecule has 2 aliphatic heterocycles. The van der Waals surface area contributed by atoms with Crippen LogP contribution in [0, 0.1) is 0 Å². The third kappa shape index (κ3) is 3.03. The molecule has 4 nitrogen and oxygen atoms in total. The Bertz CT molecular complexity index is 486. The van der Waals surface area contributed by atoms with Crippen molar-refractivity contribution in [2.45, 2.75) is 12.3 Å². The average Bonchev–Trinajstić information content (AvgIpc) is 2.53. The second-order valence-corrected chi connectivity index (χ2v) is 6.39. The predicted molar refractivity (Wildman–Crippen MR) is 84.7 cm³/mol. The lowest BCUT2D eigenvalue weighted by molar-refractivity contribution is 0.268. The minimum atomic E-state index is 0.428. The highest BCUT2D eigenvalue weighted by Crippen LogP contribution is 2.33. The number of thioether (sulfide) groups is 1. The molecule has 2 aliphatic rings. The molecule has 1 saturated heterocycles. The van der Waals surface area contributed by atoms with Crippen LogP contribution in [0.1, 0.15) is 17.9 Å². The van der Waals surface area contributed by atoms with Gasteiger partial charge in [-0.15, -0.1) is 0 Å². The number of ether oxygens (including phenoxy) is 1. The molecule has 0 aliphatic carbocycles. The maximum Gasteiger partial charge on any atom is 0.191 e. The summed E-state index contributed by atoms with van der Waals surface area (Å²) in [5, 5.41) is 0. The van der Waals surface area contributed by atoms with Crippen LogP contribution >= 0.6 is 11.8 Å². The second kappa shape index (κ2) is 6.39. The van der Waals surface area contributed by atoms with Crippen LogP contribution in [0.5, 0.6) is 5.75 Å². The third-order valence-electron chi connectivity index (χ3n) is 3.89. The van der Waals surface area contributed by atoms with Crippen molar-refractivity contribution in [1.29, 1.82) is 0 Å². The van der Waals surface area contributed by atoms with E-state index in [0.29, 0.717) is 11.9 Å². The van der Waals surface area contributed by atoms with E-state index in [2.05, 4.69) is 22.0 Å². The van der Waals surface area contributed by atoms with E-state index in [9.17, 15) is 0 Å². The normalized spacial score (nSPS) is 23.1. The predicted octanol–water partition coefficient (Wildman–Crippen LogP) is 1.92. The zero-order chi connectivity index (χ0) is 13.8. The summed E-state index contributed by atoms with van der Waals surface area (Å²) in [4.78, 5) is 6.82. The summed E-state index contributed by atoms with van der Waals surface area (Å²) < 4.78 is 5.68. The van der Waals surface area contributed by atoms with E-state index < -0.39 is 0 Å². The molecule has 5 heteroatoms. The monoisotopic (exact) mass is 291 g/mol. The van der Waals surface area contributed by atoms with Gasteiger partial charge in [0.2, 0.25) is 0 Å². The first-order valence-corrected chi connectivity index (χ1v) is 8.34. The van der Waals surface area contributed by atoms with Crippen LogP contribution in [-0.2, 0) is 0 Å². The molecule has 2 heterocycles. The van der Waals surface area contributed by atoms with Crippen molar-refractivity contribution < 1.29 is 4.74 Å². The first-order valence-electron chi connectivity index (χ1n) is 7.19. The van der Waals surface area contributed by atoms with Gasteiger partial charge in [-0.2, -0.15) is 11.8 Å². The number of nitrogens with two attached hydrogens (primary N) is 1. The summed E-state index contributed by atoms with van der Waals surface area (Å²) in [5.74, 6) is 4.44. The number of hydrogen-bond acceptors (Lipinski definition) is 3. The van der Waals surface area contributed by atoms with E-state index in [-0.39, 0.29) is 0 Å². The highest BCUT2D eigenvalue weighted by molar-refractivity contribution is 7.99. The molecule has 1 unspecified atom stereocenters. The van der Waals surface area contributed by atoms with Gasteiger partial charge in [0.05, 0.1) is 6.61 Å². The van der Waals surface area contributed by atoms with E-state index in [1.165, 1.54) is 5.56 Å². The fourth-order valence-electron chi connectivity index (χ4n) is 2.70. The molecular weight excluding hydrogens is 270 g/mol. The Kier molecular flexibility index (Phi) is 4.35. The topological polar surface area (TPSA) is 50.9 Å². The minimum absolute atomic E-state index is 0.428. The van der Waals surface area contributed by atoms with Gasteiger partial charge in [-0.25, -0.2) is 0 Å². The number of para-hydroxylation sites is 1. The largest absolute Gasteiger partial charge is 0.493 e. The first-order chi connectivity index (χ1) is 9.84. The number of benzene rings is 1. The zero-order valence-corrected chi connectivity index (χ0v) is 12.4. The Morgan fingerprint density at radius 1 is 1.35 bits per heavy atom. The molecule has 0 spiro atoms. The quantitative estimate of drug-likeness (QED) is 0.668. The fraction of sp³-hybridized carbons (Fsp3) is 0.533. The molecule has 1 aromatic carbocycles. The van der Waals surface area contributed by atoms with Crippen molar-refractivity contribution in [1.82, 2.24) is 4.90 Å². The Labute approximate surface area is 124 Å². The van der Waals surface area contributed by atoms with Gasteiger partial charge in [-0.1, -0.05) is 18.2 Å². The number of nitrogens with zero attached hydrogens (tertiary/aromatic N) is 2. The van der Waals surface area contributed by atoms with Gasteiger partial charge in [-0.3, -0.25) is 4.99 Å². The minimum Gasteiger partial charge on any atom is -0.493 e. The van der Waals surface area contributed by atoms with Gasteiger partial charge in [0.25, 0.3) is 0 Å². The molecule has 0 aromatic heterocycles. The van der Waals surface area contributed by atoms with Gasteiger partial charge < -0.3 is 15.4 Å². The number of aliphatic imine (C=N–C) groups is 1. The van der Waals surface area contributed by atoms with Crippen LogP contribution in [0.4, 0.5) is 0 Å². The van der Waals surface area contributed by atoms with Gasteiger partial charge in [0, 0.05) is 37.1 Å². The smallest absolute Gasteiger partial charge is 0.191 e. The van der Waals surface area contributed by atoms with Crippen LogP contribution in [0.3, 0.4) is 0 Å². The van der Waals surface area contributed by atoms with E-state index in [0.717, 1.165) is 49.9 Å². The third-order valence-corrected chi connectivity index (χ3v) is 4.83. The van der Waals surface area contributed by atoms with Crippen LogP contribution in [0.15, 0.2) is 29.3 Å². The van der Waals surface area contributed by atoms with Gasteiger partial charge in [0.1, 0.15) is 5.75 Å². The highest BCUT2D eigenvalue weighted by atomic mass is 32.2. The number of guanidine groups is 1. The second-order valence-electron chi connectivity index (χ2n) is 5.17. The zero-order valence-electron chi connectivity index (χ0n) is 11.6. The van der Waals surface area contributed by atoms with Crippen LogP contribution in [0.25, 0.3) is 0 Å². The molecule has 0 bridgehead atoms. The van der Waals surface area contributed by atoms with E-state index in [4.69, 9.17) is 10.5 Å². The summed E-state index contributed by atoms with van der Waals surface area (Å²) in [6, 6.07) is 8.26. The van der Waals surface area contributed by atoms with Gasteiger partial charge in [-0.05, 0) is 18.1 Å². The molecular formula is C15H21N3OS. The van der Waals surface area contributed by atoms with Gasteiger partial charge >= 0.3 is 0 Å². The molecule has 108 valence electrons. The van der Waals surface area contributed by atoms with Gasteiger partial charge in [0.15, 0.2) is 5.96 Å². The molecule has 0 amide bonds. The molecule has 2 N–H and O–H groups in total. The Morgan fingerprint density at radius 3 is 3.00 bits per heavy atom. The Balaban J connectivity index is 1.66. The summed E-state index contributed by atoms with van der Waals surface area (Å²) in [5.41, 5.74) is 7.39. The number of hydrogen-bond donors (Lipinski definition) is 1. The Hall–Kier alpha value is -1.36. The molecule has 0 saturated carbocycles. The highest BCUT2D eigenvalue weighted by Gasteiger charge is 2.21. The number of rotatable bonds is 2. The van der Waals surface area contributed by atoms with Crippen molar-refractivity contribution in [3.63, 3.8) is 0 Å². The van der Waals surface area contributed by atoms with Crippen molar-refractivity contribution in [3.05, 3.63) is 29.8 Å². The molecule has 3 rings (SSSR count). The van der Waals surface area contributed by atoms with E-state index in [1.54, 1.807) is 0 Å². The lowest BCUT2D eigenvalue weighted by Gasteiger charge is -2.28.